The molecule has 0 aliphatic heterocycles. The summed E-state index contributed by atoms with van der Waals surface area (Å²) in [5.74, 6) is 0.818. The maximum Gasteiger partial charge on any atom is 0.129 e. The minimum absolute atomic E-state index is 0.170. The number of nitrogen functional groups attached to an aromatic ring is 1. The van der Waals surface area contributed by atoms with Crippen molar-refractivity contribution in [1.29, 1.82) is 0 Å². The Balaban J connectivity index is 2.15. The van der Waals surface area contributed by atoms with Gasteiger partial charge in [0.1, 0.15) is 11.9 Å². The topological polar surface area (TPSA) is 68.4 Å². The van der Waals surface area contributed by atoms with Crippen LogP contribution in [0.4, 0.5) is 5.82 Å². The van der Waals surface area contributed by atoms with Crippen LogP contribution in [-0.2, 0) is 4.74 Å². The van der Waals surface area contributed by atoms with E-state index in [1.54, 1.807) is 12.3 Å². The van der Waals surface area contributed by atoms with Gasteiger partial charge < -0.3 is 15.6 Å². The highest BCUT2D eigenvalue weighted by atomic mass is 16.5. The summed E-state index contributed by atoms with van der Waals surface area (Å²) in [6.45, 7) is 2.58. The van der Waals surface area contributed by atoms with Crippen LogP contribution in [0.25, 0.3) is 0 Å². The Hall–Kier alpha value is -1.13. The van der Waals surface area contributed by atoms with Gasteiger partial charge in [-0.25, -0.2) is 4.98 Å². The fourth-order valence-electron chi connectivity index (χ4n) is 3.00. The largest absolute Gasteiger partial charge is 0.386 e. The van der Waals surface area contributed by atoms with Crippen molar-refractivity contribution in [2.45, 2.75) is 51.2 Å². The molecule has 2 atom stereocenters. The van der Waals surface area contributed by atoms with Crippen molar-refractivity contribution in [2.24, 2.45) is 5.92 Å². The van der Waals surface area contributed by atoms with Gasteiger partial charge in [-0.3, -0.25) is 0 Å². The summed E-state index contributed by atoms with van der Waals surface area (Å²) in [5.41, 5.74) is 6.54. The number of nitrogens with two attached hydrogens (primary N) is 1. The lowest BCUT2D eigenvalue weighted by Gasteiger charge is -2.33. The second kappa shape index (κ2) is 6.87. The van der Waals surface area contributed by atoms with E-state index < -0.39 is 6.10 Å². The number of aliphatic hydroxyl groups excluding tert-OH is 1. The normalized spacial score (nSPS) is 20.1. The molecule has 1 heterocycles. The van der Waals surface area contributed by atoms with Crippen LogP contribution >= 0.6 is 0 Å². The summed E-state index contributed by atoms with van der Waals surface area (Å²) in [6.07, 6.45) is 6.78. The van der Waals surface area contributed by atoms with Crippen LogP contribution in [0.1, 0.15) is 50.7 Å². The Morgan fingerprint density at radius 3 is 2.79 bits per heavy atom. The predicted molar refractivity (Wildman–Crippen MR) is 75.6 cm³/mol. The van der Waals surface area contributed by atoms with Crippen LogP contribution in [0.5, 0.6) is 0 Å². The summed E-state index contributed by atoms with van der Waals surface area (Å²) < 4.78 is 5.82. The van der Waals surface area contributed by atoms with Crippen LogP contribution in [0, 0.1) is 5.92 Å². The molecule has 1 fully saturated rings. The molecule has 0 saturated heterocycles. The zero-order valence-electron chi connectivity index (χ0n) is 11.6. The summed E-state index contributed by atoms with van der Waals surface area (Å²) in [6, 6.07) is 3.64. The minimum atomic E-state index is -0.684. The molecule has 0 radical (unpaired) electrons. The first-order valence-corrected chi connectivity index (χ1v) is 7.24. The molecule has 0 spiro atoms. The van der Waals surface area contributed by atoms with Crippen LogP contribution in [0.2, 0.25) is 0 Å². The van der Waals surface area contributed by atoms with Crippen molar-refractivity contribution < 1.29 is 9.84 Å². The van der Waals surface area contributed by atoms with Crippen molar-refractivity contribution in [3.63, 3.8) is 0 Å². The van der Waals surface area contributed by atoms with Crippen molar-refractivity contribution in [2.75, 3.05) is 12.3 Å². The average Bonchev–Trinajstić information content (AvgIpc) is 2.45. The maximum absolute atomic E-state index is 10.6. The van der Waals surface area contributed by atoms with Gasteiger partial charge in [0.25, 0.3) is 0 Å². The third-order valence-electron chi connectivity index (χ3n) is 3.97. The Morgan fingerprint density at radius 2 is 2.16 bits per heavy atom. The molecule has 3 N–H and O–H groups in total. The number of aromatic nitrogens is 1. The Bertz CT molecular complexity index is 391. The first kappa shape index (κ1) is 14.3. The maximum atomic E-state index is 10.6. The average molecular weight is 264 g/mol. The number of aliphatic hydroxyl groups is 1. The van der Waals surface area contributed by atoms with Crippen molar-refractivity contribution in [3.05, 3.63) is 23.9 Å². The summed E-state index contributed by atoms with van der Waals surface area (Å²) in [5, 5.41) is 10.6. The molecular weight excluding hydrogens is 240 g/mol. The van der Waals surface area contributed by atoms with Gasteiger partial charge in [0, 0.05) is 18.4 Å². The number of hydrogen-bond acceptors (Lipinski definition) is 4. The number of pyridine rings is 1. The van der Waals surface area contributed by atoms with Gasteiger partial charge in [0.05, 0.1) is 6.10 Å². The molecule has 2 unspecified atom stereocenters. The van der Waals surface area contributed by atoms with E-state index in [0.29, 0.717) is 23.9 Å². The highest BCUT2D eigenvalue weighted by molar-refractivity contribution is 5.40. The van der Waals surface area contributed by atoms with E-state index in [-0.39, 0.29) is 6.10 Å². The van der Waals surface area contributed by atoms with Crippen LogP contribution in [0.15, 0.2) is 18.3 Å². The minimum Gasteiger partial charge on any atom is -0.386 e. The van der Waals surface area contributed by atoms with E-state index in [4.69, 9.17) is 10.5 Å². The summed E-state index contributed by atoms with van der Waals surface area (Å²) >= 11 is 0. The number of anilines is 1. The predicted octanol–water partition coefficient (Wildman–Crippen LogP) is 2.68. The highest BCUT2D eigenvalue weighted by Gasteiger charge is 2.32. The molecule has 4 nitrogen and oxygen atoms in total. The summed E-state index contributed by atoms with van der Waals surface area (Å²) in [4.78, 5) is 4.05. The number of nitrogens with zero attached hydrogens (tertiary/aromatic N) is 1. The molecule has 0 amide bonds. The number of rotatable bonds is 5. The summed E-state index contributed by atoms with van der Waals surface area (Å²) in [7, 11) is 0. The molecule has 19 heavy (non-hydrogen) atoms. The zero-order chi connectivity index (χ0) is 13.7. The van der Waals surface area contributed by atoms with Crippen LogP contribution < -0.4 is 5.73 Å². The second-order valence-corrected chi connectivity index (χ2v) is 5.24. The van der Waals surface area contributed by atoms with Crippen LogP contribution in [0.3, 0.4) is 0 Å². The monoisotopic (exact) mass is 264 g/mol. The van der Waals surface area contributed by atoms with E-state index >= 15 is 0 Å². The van der Waals surface area contributed by atoms with Gasteiger partial charge in [-0.05, 0) is 31.7 Å². The van der Waals surface area contributed by atoms with E-state index in [0.717, 1.165) is 12.8 Å². The highest BCUT2D eigenvalue weighted by Crippen LogP contribution is 2.35. The molecule has 0 aromatic carbocycles. The molecule has 1 aromatic rings. The number of hydrogen-bond donors (Lipinski definition) is 2. The van der Waals surface area contributed by atoms with Gasteiger partial charge in [-0.2, -0.15) is 0 Å². The van der Waals surface area contributed by atoms with Gasteiger partial charge in [-0.15, -0.1) is 0 Å². The van der Waals surface area contributed by atoms with Crippen LogP contribution in [-0.4, -0.2) is 22.8 Å². The Labute approximate surface area is 115 Å². The fourth-order valence-corrected chi connectivity index (χ4v) is 3.00. The smallest absolute Gasteiger partial charge is 0.129 e. The molecule has 1 aromatic heterocycles. The molecular formula is C15H24N2O2. The van der Waals surface area contributed by atoms with E-state index in [1.807, 2.05) is 13.0 Å². The molecule has 106 valence electrons. The third-order valence-corrected chi connectivity index (χ3v) is 3.97. The second-order valence-electron chi connectivity index (χ2n) is 5.24. The van der Waals surface area contributed by atoms with Crippen molar-refractivity contribution in [3.8, 4) is 0 Å². The fraction of sp³-hybridized carbons (Fsp3) is 0.667. The van der Waals surface area contributed by atoms with Crippen molar-refractivity contribution in [1.82, 2.24) is 4.98 Å². The van der Waals surface area contributed by atoms with Gasteiger partial charge in [0.2, 0.25) is 0 Å². The molecule has 1 aliphatic rings. The molecule has 2 rings (SSSR count). The lowest BCUT2D eigenvalue weighted by molar-refractivity contribution is -0.0737. The first-order chi connectivity index (χ1) is 9.24. The quantitative estimate of drug-likeness (QED) is 0.858. The molecule has 0 bridgehead atoms. The zero-order valence-corrected chi connectivity index (χ0v) is 11.6. The van der Waals surface area contributed by atoms with E-state index in [9.17, 15) is 5.11 Å². The van der Waals surface area contributed by atoms with Gasteiger partial charge >= 0.3 is 0 Å². The molecule has 1 aliphatic carbocycles. The standard InChI is InChI=1S/C15H24N2O2/c1-2-19-14(11-7-4-3-5-8-11)13(18)12-9-6-10-17-15(12)16/h6,9-11,13-14,18H,2-5,7-8H2,1H3,(H2,16,17). The SMILES string of the molecule is CCOC(C1CCCCC1)C(O)c1cccnc1N. The van der Waals surface area contributed by atoms with E-state index in [2.05, 4.69) is 4.98 Å². The Kier molecular flexibility index (Phi) is 5.16. The molecule has 4 heteroatoms. The number of ether oxygens (including phenoxy) is 1. The third kappa shape index (κ3) is 3.45. The lowest BCUT2D eigenvalue weighted by Crippen LogP contribution is -2.32. The first-order valence-electron chi connectivity index (χ1n) is 7.24. The van der Waals surface area contributed by atoms with Gasteiger partial charge in [0.15, 0.2) is 0 Å². The Morgan fingerprint density at radius 1 is 1.42 bits per heavy atom. The molecule has 1 saturated carbocycles. The van der Waals surface area contributed by atoms with Crippen molar-refractivity contribution >= 4 is 5.82 Å². The van der Waals surface area contributed by atoms with Gasteiger partial charge in [-0.1, -0.05) is 25.3 Å². The van der Waals surface area contributed by atoms with E-state index in [1.165, 1.54) is 19.3 Å². The lowest BCUT2D eigenvalue weighted by atomic mass is 9.82.